The summed E-state index contributed by atoms with van der Waals surface area (Å²) in [6.07, 6.45) is 3.11. The number of hydrogen-bond acceptors (Lipinski definition) is 6. The summed E-state index contributed by atoms with van der Waals surface area (Å²) in [5, 5.41) is 0. The van der Waals surface area contributed by atoms with Gasteiger partial charge in [0.25, 0.3) is 0 Å². The van der Waals surface area contributed by atoms with Crippen LogP contribution >= 0.6 is 15.9 Å². The number of aromatic nitrogens is 2. The van der Waals surface area contributed by atoms with E-state index in [9.17, 15) is 9.59 Å². The smallest absolute Gasteiger partial charge is 0.307 e. The minimum Gasteiger partial charge on any atom is -0.469 e. The first-order chi connectivity index (χ1) is 8.85. The standard InChI is InChI=1S/C12H15BrN2O4.CH4/c1-12(2,11-14-6-8(13)7-15-11)19-10(17)5-4-9(16)18-3;/h6-7H,4-5H2,1-3H3;1H4. The second-order valence-electron chi connectivity index (χ2n) is 4.29. The fraction of sp³-hybridized carbons (Fsp3) is 0.538. The van der Waals surface area contributed by atoms with Crippen LogP contribution in [0.5, 0.6) is 0 Å². The topological polar surface area (TPSA) is 78.4 Å². The lowest BCUT2D eigenvalue weighted by Crippen LogP contribution is -2.28. The van der Waals surface area contributed by atoms with E-state index < -0.39 is 17.5 Å². The summed E-state index contributed by atoms with van der Waals surface area (Å²) in [7, 11) is 1.27. The van der Waals surface area contributed by atoms with Crippen LogP contribution in [0.3, 0.4) is 0 Å². The van der Waals surface area contributed by atoms with Gasteiger partial charge in [-0.15, -0.1) is 0 Å². The van der Waals surface area contributed by atoms with E-state index in [0.717, 1.165) is 4.47 Å². The average molecular weight is 347 g/mol. The lowest BCUT2D eigenvalue weighted by Gasteiger charge is -2.23. The molecule has 112 valence electrons. The van der Waals surface area contributed by atoms with Crippen LogP contribution in [-0.2, 0) is 24.7 Å². The van der Waals surface area contributed by atoms with Crippen LogP contribution in [0.1, 0.15) is 39.9 Å². The van der Waals surface area contributed by atoms with Crippen molar-refractivity contribution in [1.29, 1.82) is 0 Å². The Labute approximate surface area is 127 Å². The van der Waals surface area contributed by atoms with Gasteiger partial charge in [-0.3, -0.25) is 9.59 Å². The number of nitrogens with zero attached hydrogens (tertiary/aromatic N) is 2. The summed E-state index contributed by atoms with van der Waals surface area (Å²) in [4.78, 5) is 30.7. The highest BCUT2D eigenvalue weighted by molar-refractivity contribution is 9.10. The highest BCUT2D eigenvalue weighted by atomic mass is 79.9. The van der Waals surface area contributed by atoms with Crippen molar-refractivity contribution in [2.24, 2.45) is 0 Å². The number of methoxy groups -OCH3 is 1. The zero-order valence-corrected chi connectivity index (χ0v) is 12.6. The molecular formula is C13H19BrN2O4. The molecule has 1 aromatic rings. The third kappa shape index (κ3) is 5.64. The molecule has 1 heterocycles. The largest absolute Gasteiger partial charge is 0.469 e. The van der Waals surface area contributed by atoms with E-state index >= 15 is 0 Å². The van der Waals surface area contributed by atoms with Crippen LogP contribution in [0.25, 0.3) is 0 Å². The quantitative estimate of drug-likeness (QED) is 0.762. The predicted octanol–water partition coefficient (Wildman–Crippen LogP) is 2.61. The van der Waals surface area contributed by atoms with Gasteiger partial charge in [-0.2, -0.15) is 0 Å². The van der Waals surface area contributed by atoms with Crippen LogP contribution in [0.2, 0.25) is 0 Å². The predicted molar refractivity (Wildman–Crippen MR) is 76.8 cm³/mol. The first-order valence-electron chi connectivity index (χ1n) is 5.62. The lowest BCUT2D eigenvalue weighted by molar-refractivity contribution is -0.160. The number of halogens is 1. The van der Waals surface area contributed by atoms with Crippen molar-refractivity contribution in [2.75, 3.05) is 7.11 Å². The van der Waals surface area contributed by atoms with Crippen molar-refractivity contribution in [3.8, 4) is 0 Å². The van der Waals surface area contributed by atoms with E-state index in [-0.39, 0.29) is 20.3 Å². The summed E-state index contributed by atoms with van der Waals surface area (Å²) in [6.45, 7) is 3.37. The molecule has 0 N–H and O–H groups in total. The minimum absolute atomic E-state index is 0. The molecule has 0 radical (unpaired) electrons. The van der Waals surface area contributed by atoms with Gasteiger partial charge in [0.05, 0.1) is 24.4 Å². The van der Waals surface area contributed by atoms with Crippen LogP contribution in [0.4, 0.5) is 0 Å². The molecule has 0 fully saturated rings. The Kier molecular flexibility index (Phi) is 7.34. The van der Waals surface area contributed by atoms with Gasteiger partial charge >= 0.3 is 11.9 Å². The Morgan fingerprint density at radius 2 is 1.70 bits per heavy atom. The third-order valence-electron chi connectivity index (χ3n) is 2.29. The summed E-state index contributed by atoms with van der Waals surface area (Å²) < 4.78 is 10.5. The van der Waals surface area contributed by atoms with Crippen molar-refractivity contribution < 1.29 is 19.1 Å². The molecule has 0 aliphatic rings. The number of carbonyl (C=O) groups excluding carboxylic acids is 2. The van der Waals surface area contributed by atoms with Crippen molar-refractivity contribution >= 4 is 27.9 Å². The Balaban J connectivity index is 0.00000361. The van der Waals surface area contributed by atoms with Crippen molar-refractivity contribution in [3.63, 3.8) is 0 Å². The molecular weight excluding hydrogens is 328 g/mol. The minimum atomic E-state index is -0.950. The Hall–Kier alpha value is -1.50. The van der Waals surface area contributed by atoms with Crippen LogP contribution in [0.15, 0.2) is 16.9 Å². The molecule has 20 heavy (non-hydrogen) atoms. The van der Waals surface area contributed by atoms with E-state index in [2.05, 4.69) is 30.6 Å². The van der Waals surface area contributed by atoms with Crippen molar-refractivity contribution in [2.45, 2.75) is 39.7 Å². The van der Waals surface area contributed by atoms with Gasteiger partial charge in [0, 0.05) is 12.4 Å². The molecule has 0 aromatic carbocycles. The van der Waals surface area contributed by atoms with E-state index in [1.54, 1.807) is 26.2 Å². The van der Waals surface area contributed by atoms with Gasteiger partial charge in [0.2, 0.25) is 0 Å². The zero-order chi connectivity index (χ0) is 14.5. The second kappa shape index (κ2) is 7.94. The average Bonchev–Trinajstić information content (AvgIpc) is 2.36. The SMILES string of the molecule is C.COC(=O)CCC(=O)OC(C)(C)c1ncc(Br)cn1. The van der Waals surface area contributed by atoms with Crippen LogP contribution in [-0.4, -0.2) is 29.0 Å². The molecule has 0 bridgehead atoms. The monoisotopic (exact) mass is 346 g/mol. The number of carbonyl (C=O) groups is 2. The van der Waals surface area contributed by atoms with Gasteiger partial charge in [0.1, 0.15) is 0 Å². The Morgan fingerprint density at radius 1 is 1.20 bits per heavy atom. The Morgan fingerprint density at radius 3 is 2.20 bits per heavy atom. The summed E-state index contributed by atoms with van der Waals surface area (Å²) in [6, 6.07) is 0. The van der Waals surface area contributed by atoms with E-state index in [1.807, 2.05) is 0 Å². The van der Waals surface area contributed by atoms with E-state index in [0.29, 0.717) is 5.82 Å². The molecule has 7 heteroatoms. The van der Waals surface area contributed by atoms with Gasteiger partial charge in [-0.1, -0.05) is 7.43 Å². The molecule has 6 nitrogen and oxygen atoms in total. The molecule has 0 aliphatic carbocycles. The van der Waals surface area contributed by atoms with Crippen LogP contribution < -0.4 is 0 Å². The third-order valence-corrected chi connectivity index (χ3v) is 2.70. The maximum atomic E-state index is 11.6. The van der Waals surface area contributed by atoms with Gasteiger partial charge in [-0.05, 0) is 29.8 Å². The van der Waals surface area contributed by atoms with Crippen molar-refractivity contribution in [1.82, 2.24) is 9.97 Å². The van der Waals surface area contributed by atoms with Crippen molar-refractivity contribution in [3.05, 3.63) is 22.7 Å². The van der Waals surface area contributed by atoms with E-state index in [1.165, 1.54) is 7.11 Å². The van der Waals surface area contributed by atoms with Gasteiger partial charge < -0.3 is 9.47 Å². The van der Waals surface area contributed by atoms with Gasteiger partial charge in [-0.25, -0.2) is 9.97 Å². The normalized spacial score (nSPS) is 10.4. The molecule has 0 amide bonds. The molecule has 1 rings (SSSR count). The highest BCUT2D eigenvalue weighted by Crippen LogP contribution is 2.22. The molecule has 0 saturated heterocycles. The maximum Gasteiger partial charge on any atom is 0.307 e. The Bertz CT molecular complexity index is 460. The number of hydrogen-bond donors (Lipinski definition) is 0. The van der Waals surface area contributed by atoms with Gasteiger partial charge in [0.15, 0.2) is 11.4 Å². The number of rotatable bonds is 5. The molecule has 0 saturated carbocycles. The fourth-order valence-corrected chi connectivity index (χ4v) is 1.52. The molecule has 0 atom stereocenters. The van der Waals surface area contributed by atoms with E-state index in [4.69, 9.17) is 4.74 Å². The lowest BCUT2D eigenvalue weighted by atomic mass is 10.1. The zero-order valence-electron chi connectivity index (χ0n) is 11.0. The summed E-state index contributed by atoms with van der Waals surface area (Å²) in [5.74, 6) is -0.557. The van der Waals surface area contributed by atoms with Crippen LogP contribution in [0, 0.1) is 0 Å². The first-order valence-corrected chi connectivity index (χ1v) is 6.41. The summed E-state index contributed by atoms with van der Waals surface area (Å²) in [5.41, 5.74) is -0.950. The second-order valence-corrected chi connectivity index (χ2v) is 5.20. The highest BCUT2D eigenvalue weighted by Gasteiger charge is 2.28. The number of ether oxygens (including phenoxy) is 2. The molecule has 0 aliphatic heterocycles. The molecule has 0 unspecified atom stereocenters. The number of esters is 2. The first kappa shape index (κ1) is 18.5. The summed E-state index contributed by atoms with van der Waals surface area (Å²) >= 11 is 3.23. The molecule has 0 spiro atoms. The maximum absolute atomic E-state index is 11.6. The molecule has 1 aromatic heterocycles. The fourth-order valence-electron chi connectivity index (χ4n) is 1.31.